The molecule has 0 bridgehead atoms. The van der Waals surface area contributed by atoms with Crippen LogP contribution in [-0.2, 0) is 10.0 Å². The van der Waals surface area contributed by atoms with Gasteiger partial charge in [-0.1, -0.05) is 22.4 Å². The summed E-state index contributed by atoms with van der Waals surface area (Å²) in [6, 6.07) is 1.74. The number of rotatable bonds is 7. The van der Waals surface area contributed by atoms with Gasteiger partial charge in [-0.25, -0.2) is 13.1 Å². The zero-order valence-corrected chi connectivity index (χ0v) is 13.4. The number of hydrogen-bond donors (Lipinski definition) is 1. The van der Waals surface area contributed by atoms with Crippen LogP contribution in [-0.4, -0.2) is 20.3 Å². The number of thiophene rings is 1. The fourth-order valence-electron chi connectivity index (χ4n) is 1.14. The summed E-state index contributed by atoms with van der Waals surface area (Å²) >= 11 is 7.78. The van der Waals surface area contributed by atoms with Crippen LogP contribution in [0.1, 0.15) is 19.3 Å². The second-order valence-corrected chi connectivity index (χ2v) is 7.73. The molecule has 0 unspecified atom stereocenters. The molecule has 0 aromatic carbocycles. The van der Waals surface area contributed by atoms with Gasteiger partial charge in [-0.15, -0.1) is 11.3 Å². The number of nitrogens with one attached hydrogen (secondary N) is 1. The van der Waals surface area contributed by atoms with E-state index in [0.717, 1.165) is 24.6 Å². The summed E-state index contributed by atoms with van der Waals surface area (Å²) in [5, 5.41) is 2.72. The molecule has 1 N–H and O–H groups in total. The Morgan fingerprint density at radius 1 is 1.31 bits per heavy atom. The first-order valence-electron chi connectivity index (χ1n) is 4.86. The third kappa shape index (κ3) is 4.44. The molecule has 0 atom stereocenters. The maximum Gasteiger partial charge on any atom is 0.251 e. The molecule has 1 aromatic rings. The first-order chi connectivity index (χ1) is 7.58. The average Bonchev–Trinajstić information content (AvgIpc) is 2.65. The average molecular weight is 391 g/mol. The minimum absolute atomic E-state index is 0.355. The summed E-state index contributed by atoms with van der Waals surface area (Å²) in [4.78, 5) is 0. The summed E-state index contributed by atoms with van der Waals surface area (Å²) in [6.45, 7) is 0.500. The van der Waals surface area contributed by atoms with Crippen molar-refractivity contribution in [2.24, 2.45) is 0 Å². The molecule has 0 saturated carbocycles. The van der Waals surface area contributed by atoms with E-state index in [2.05, 4.69) is 36.6 Å². The minimum Gasteiger partial charge on any atom is -0.210 e. The van der Waals surface area contributed by atoms with Crippen LogP contribution in [0.5, 0.6) is 0 Å². The molecule has 0 saturated heterocycles. The van der Waals surface area contributed by atoms with Crippen LogP contribution in [0.2, 0.25) is 0 Å². The molecule has 16 heavy (non-hydrogen) atoms. The highest BCUT2D eigenvalue weighted by Crippen LogP contribution is 2.27. The minimum atomic E-state index is -3.32. The van der Waals surface area contributed by atoms with E-state index in [1.807, 2.05) is 0 Å². The monoisotopic (exact) mass is 389 g/mol. The largest absolute Gasteiger partial charge is 0.251 e. The molecule has 7 heteroatoms. The van der Waals surface area contributed by atoms with Crippen molar-refractivity contribution < 1.29 is 8.42 Å². The lowest BCUT2D eigenvalue weighted by atomic mass is 10.3. The Labute approximate surface area is 117 Å². The topological polar surface area (TPSA) is 46.2 Å². The molecule has 0 radical (unpaired) electrons. The van der Waals surface area contributed by atoms with Crippen molar-refractivity contribution in [3.63, 3.8) is 0 Å². The van der Waals surface area contributed by atoms with Gasteiger partial charge in [-0.05, 0) is 40.2 Å². The standard InChI is InChI=1S/C9H13Br2NO2S2/c10-5-2-1-3-6-12-16(13,14)9-8(11)4-7-15-9/h4,7,12H,1-3,5-6H2. The van der Waals surface area contributed by atoms with Crippen molar-refractivity contribution in [2.45, 2.75) is 23.5 Å². The predicted molar refractivity (Wildman–Crippen MR) is 74.9 cm³/mol. The first kappa shape index (κ1) is 14.6. The fraction of sp³-hybridized carbons (Fsp3) is 0.556. The van der Waals surface area contributed by atoms with E-state index in [1.165, 1.54) is 11.3 Å². The van der Waals surface area contributed by atoms with Gasteiger partial charge in [0, 0.05) is 16.3 Å². The van der Waals surface area contributed by atoms with Gasteiger partial charge in [0.25, 0.3) is 10.0 Å². The highest BCUT2D eigenvalue weighted by Gasteiger charge is 2.17. The molecule has 3 nitrogen and oxygen atoms in total. The maximum absolute atomic E-state index is 11.8. The molecule has 0 amide bonds. The predicted octanol–water partition coefficient (Wildman–Crippen LogP) is 3.35. The van der Waals surface area contributed by atoms with E-state index in [-0.39, 0.29) is 0 Å². The van der Waals surface area contributed by atoms with Gasteiger partial charge in [0.1, 0.15) is 4.21 Å². The molecule has 1 aromatic heterocycles. The first-order valence-corrected chi connectivity index (χ1v) is 9.14. The molecule has 0 aliphatic rings. The molecule has 0 aliphatic carbocycles. The zero-order chi connectivity index (χ0) is 12.0. The Morgan fingerprint density at radius 2 is 2.06 bits per heavy atom. The zero-order valence-electron chi connectivity index (χ0n) is 8.58. The molecular weight excluding hydrogens is 378 g/mol. The van der Waals surface area contributed by atoms with Crippen LogP contribution in [0, 0.1) is 0 Å². The molecule has 0 fully saturated rings. The Morgan fingerprint density at radius 3 is 2.62 bits per heavy atom. The Balaban J connectivity index is 2.45. The molecule has 92 valence electrons. The van der Waals surface area contributed by atoms with Crippen molar-refractivity contribution >= 4 is 53.2 Å². The molecule has 0 aliphatic heterocycles. The number of sulfonamides is 1. The Kier molecular flexibility index (Phi) is 6.50. The third-order valence-corrected chi connectivity index (χ3v) is 6.62. The van der Waals surface area contributed by atoms with Crippen LogP contribution < -0.4 is 4.72 Å². The van der Waals surface area contributed by atoms with Crippen LogP contribution in [0.4, 0.5) is 0 Å². The normalized spacial score (nSPS) is 11.9. The van der Waals surface area contributed by atoms with Gasteiger partial charge < -0.3 is 0 Å². The van der Waals surface area contributed by atoms with E-state index in [9.17, 15) is 8.42 Å². The molecular formula is C9H13Br2NO2S2. The van der Waals surface area contributed by atoms with Crippen molar-refractivity contribution in [2.75, 3.05) is 11.9 Å². The SMILES string of the molecule is O=S(=O)(NCCCCCBr)c1sccc1Br. The van der Waals surface area contributed by atoms with Gasteiger partial charge in [0.05, 0.1) is 0 Å². The number of hydrogen-bond acceptors (Lipinski definition) is 3. The molecule has 1 rings (SSSR count). The van der Waals surface area contributed by atoms with Gasteiger partial charge in [0.15, 0.2) is 0 Å². The maximum atomic E-state index is 11.8. The van der Waals surface area contributed by atoms with Gasteiger partial charge in [0.2, 0.25) is 0 Å². The van der Waals surface area contributed by atoms with Crippen molar-refractivity contribution in [1.29, 1.82) is 0 Å². The smallest absolute Gasteiger partial charge is 0.210 e. The Bertz CT molecular complexity index is 417. The van der Waals surface area contributed by atoms with Gasteiger partial charge >= 0.3 is 0 Å². The van der Waals surface area contributed by atoms with Crippen molar-refractivity contribution in [3.05, 3.63) is 15.9 Å². The molecule has 1 heterocycles. The van der Waals surface area contributed by atoms with Gasteiger partial charge in [-0.2, -0.15) is 0 Å². The van der Waals surface area contributed by atoms with Crippen LogP contribution in [0.15, 0.2) is 20.1 Å². The highest BCUT2D eigenvalue weighted by molar-refractivity contribution is 9.10. The summed E-state index contributed by atoms with van der Waals surface area (Å²) in [6.07, 6.45) is 2.97. The number of halogens is 2. The second kappa shape index (κ2) is 7.10. The number of alkyl halides is 1. The summed E-state index contributed by atoms with van der Waals surface area (Å²) in [5.41, 5.74) is 0. The molecule has 0 spiro atoms. The Hall–Kier alpha value is 0.570. The lowest BCUT2D eigenvalue weighted by molar-refractivity contribution is 0.578. The van der Waals surface area contributed by atoms with E-state index >= 15 is 0 Å². The second-order valence-electron chi connectivity index (χ2n) is 3.20. The van der Waals surface area contributed by atoms with Gasteiger partial charge in [-0.3, -0.25) is 0 Å². The van der Waals surface area contributed by atoms with E-state index in [4.69, 9.17) is 0 Å². The fourth-order valence-corrected chi connectivity index (χ4v) is 4.99. The lowest BCUT2D eigenvalue weighted by Crippen LogP contribution is -2.24. The number of unbranched alkanes of at least 4 members (excludes halogenated alkanes) is 2. The van der Waals surface area contributed by atoms with Crippen molar-refractivity contribution in [1.82, 2.24) is 4.72 Å². The summed E-state index contributed by atoms with van der Waals surface area (Å²) in [7, 11) is -3.32. The van der Waals surface area contributed by atoms with E-state index in [0.29, 0.717) is 15.2 Å². The summed E-state index contributed by atoms with van der Waals surface area (Å²) < 4.78 is 27.2. The van der Waals surface area contributed by atoms with E-state index in [1.54, 1.807) is 11.4 Å². The van der Waals surface area contributed by atoms with E-state index < -0.39 is 10.0 Å². The van der Waals surface area contributed by atoms with Crippen LogP contribution in [0.3, 0.4) is 0 Å². The highest BCUT2D eigenvalue weighted by atomic mass is 79.9. The van der Waals surface area contributed by atoms with Crippen LogP contribution in [0.25, 0.3) is 0 Å². The van der Waals surface area contributed by atoms with Crippen LogP contribution >= 0.6 is 43.2 Å². The quantitative estimate of drug-likeness (QED) is 0.573. The van der Waals surface area contributed by atoms with Crippen molar-refractivity contribution in [3.8, 4) is 0 Å². The lowest BCUT2D eigenvalue weighted by Gasteiger charge is -2.04. The third-order valence-electron chi connectivity index (χ3n) is 1.93. The summed E-state index contributed by atoms with van der Waals surface area (Å²) in [5.74, 6) is 0.